The first-order valence-corrected chi connectivity index (χ1v) is 10.4. The second-order valence-electron chi connectivity index (χ2n) is 5.56. The molecule has 0 atom stereocenters. The summed E-state index contributed by atoms with van der Waals surface area (Å²) in [6, 6.07) is 12.5. The molecular formula is C17H14ClN3O4S2. The van der Waals surface area contributed by atoms with Crippen molar-refractivity contribution in [3.8, 4) is 10.6 Å². The number of nitro groups is 1. The maximum atomic E-state index is 12.5. The molecule has 0 bridgehead atoms. The van der Waals surface area contributed by atoms with Gasteiger partial charge in [-0.3, -0.25) is 10.1 Å². The number of thiazole rings is 1. The molecule has 0 fully saturated rings. The molecule has 140 valence electrons. The van der Waals surface area contributed by atoms with Gasteiger partial charge in [-0.25, -0.2) is 18.1 Å². The first-order valence-electron chi connectivity index (χ1n) is 7.74. The van der Waals surface area contributed by atoms with Crippen LogP contribution in [0.5, 0.6) is 0 Å². The van der Waals surface area contributed by atoms with Crippen LogP contribution in [0.2, 0.25) is 5.02 Å². The Kier molecular flexibility index (Phi) is 5.56. The zero-order valence-corrected chi connectivity index (χ0v) is 16.4. The van der Waals surface area contributed by atoms with Gasteiger partial charge in [0.1, 0.15) is 5.01 Å². The van der Waals surface area contributed by atoms with Crippen molar-refractivity contribution in [2.24, 2.45) is 0 Å². The zero-order valence-electron chi connectivity index (χ0n) is 14.0. The highest BCUT2D eigenvalue weighted by Gasteiger charge is 2.25. The zero-order chi connectivity index (χ0) is 19.6. The number of sulfonamides is 1. The van der Waals surface area contributed by atoms with Crippen LogP contribution in [-0.4, -0.2) is 18.3 Å². The van der Waals surface area contributed by atoms with E-state index in [1.807, 2.05) is 18.2 Å². The SMILES string of the molecule is Cc1nc(-c2ccccc2Cl)sc1CNS(=O)(=O)c1ccccc1[N+](=O)[O-]. The highest BCUT2D eigenvalue weighted by molar-refractivity contribution is 7.89. The summed E-state index contributed by atoms with van der Waals surface area (Å²) < 4.78 is 27.5. The quantitative estimate of drug-likeness (QED) is 0.473. The molecule has 2 aromatic carbocycles. The second-order valence-corrected chi connectivity index (χ2v) is 8.78. The van der Waals surface area contributed by atoms with Crippen molar-refractivity contribution in [1.29, 1.82) is 0 Å². The lowest BCUT2D eigenvalue weighted by Crippen LogP contribution is -2.24. The van der Waals surface area contributed by atoms with Crippen molar-refractivity contribution >= 4 is 38.6 Å². The predicted molar refractivity (Wildman–Crippen MR) is 104 cm³/mol. The Balaban J connectivity index is 1.85. The van der Waals surface area contributed by atoms with Gasteiger partial charge < -0.3 is 0 Å². The van der Waals surface area contributed by atoms with E-state index in [0.717, 1.165) is 11.6 Å². The molecular weight excluding hydrogens is 410 g/mol. The van der Waals surface area contributed by atoms with E-state index in [0.29, 0.717) is 20.6 Å². The van der Waals surface area contributed by atoms with Crippen molar-refractivity contribution in [3.63, 3.8) is 0 Å². The Morgan fingerprint density at radius 3 is 2.56 bits per heavy atom. The third kappa shape index (κ3) is 4.16. The summed E-state index contributed by atoms with van der Waals surface area (Å²) in [5.41, 5.74) is 0.961. The van der Waals surface area contributed by atoms with Gasteiger partial charge in [0, 0.05) is 23.1 Å². The van der Waals surface area contributed by atoms with E-state index in [1.165, 1.54) is 29.5 Å². The van der Waals surface area contributed by atoms with Crippen molar-refractivity contribution < 1.29 is 13.3 Å². The van der Waals surface area contributed by atoms with Crippen molar-refractivity contribution in [3.05, 3.63) is 74.2 Å². The molecule has 1 heterocycles. The third-order valence-corrected chi connectivity index (χ3v) is 6.74. The van der Waals surface area contributed by atoms with E-state index in [9.17, 15) is 18.5 Å². The lowest BCUT2D eigenvalue weighted by atomic mass is 10.2. The number of nitrogens with zero attached hydrogens (tertiary/aromatic N) is 2. The molecule has 27 heavy (non-hydrogen) atoms. The van der Waals surface area contributed by atoms with E-state index >= 15 is 0 Å². The van der Waals surface area contributed by atoms with Crippen LogP contribution < -0.4 is 4.72 Å². The van der Waals surface area contributed by atoms with Gasteiger partial charge in [-0.05, 0) is 19.1 Å². The molecule has 10 heteroatoms. The number of hydrogen-bond donors (Lipinski definition) is 1. The van der Waals surface area contributed by atoms with Gasteiger partial charge in [-0.15, -0.1) is 11.3 Å². The predicted octanol–water partition coefficient (Wildman–Crippen LogP) is 4.16. The molecule has 0 saturated carbocycles. The molecule has 3 aromatic rings. The molecule has 0 aliphatic rings. The molecule has 1 N–H and O–H groups in total. The minimum Gasteiger partial charge on any atom is -0.258 e. The monoisotopic (exact) mass is 423 g/mol. The van der Waals surface area contributed by atoms with Gasteiger partial charge in [0.25, 0.3) is 5.69 Å². The van der Waals surface area contributed by atoms with Crippen LogP contribution in [0, 0.1) is 17.0 Å². The van der Waals surface area contributed by atoms with Gasteiger partial charge >= 0.3 is 0 Å². The Hall–Kier alpha value is -2.33. The number of hydrogen-bond acceptors (Lipinski definition) is 6. The van der Waals surface area contributed by atoms with Gasteiger partial charge in [0.15, 0.2) is 4.90 Å². The molecule has 0 aliphatic heterocycles. The number of aromatic nitrogens is 1. The number of para-hydroxylation sites is 1. The Morgan fingerprint density at radius 2 is 1.85 bits per heavy atom. The highest BCUT2D eigenvalue weighted by Crippen LogP contribution is 2.33. The number of nitro benzene ring substituents is 1. The summed E-state index contributed by atoms with van der Waals surface area (Å²) in [5.74, 6) is 0. The molecule has 0 spiro atoms. The molecule has 0 amide bonds. The van der Waals surface area contributed by atoms with E-state index in [-0.39, 0.29) is 11.4 Å². The van der Waals surface area contributed by atoms with Gasteiger partial charge in [-0.2, -0.15) is 0 Å². The van der Waals surface area contributed by atoms with Crippen LogP contribution in [0.15, 0.2) is 53.4 Å². The van der Waals surface area contributed by atoms with Gasteiger partial charge in [0.2, 0.25) is 10.0 Å². The fourth-order valence-electron chi connectivity index (χ4n) is 2.42. The molecule has 3 rings (SSSR count). The third-order valence-electron chi connectivity index (χ3n) is 3.77. The van der Waals surface area contributed by atoms with Crippen LogP contribution in [0.4, 0.5) is 5.69 Å². The van der Waals surface area contributed by atoms with E-state index < -0.39 is 20.6 Å². The summed E-state index contributed by atoms with van der Waals surface area (Å²) in [5, 5.41) is 12.3. The number of nitrogens with one attached hydrogen (secondary N) is 1. The lowest BCUT2D eigenvalue weighted by Gasteiger charge is -2.06. The van der Waals surface area contributed by atoms with Crippen LogP contribution >= 0.6 is 22.9 Å². The topological polar surface area (TPSA) is 102 Å². The number of aryl methyl sites for hydroxylation is 1. The summed E-state index contributed by atoms with van der Waals surface area (Å²) >= 11 is 7.51. The second kappa shape index (κ2) is 7.73. The summed E-state index contributed by atoms with van der Waals surface area (Å²) in [4.78, 5) is 15.1. The fraction of sp³-hybridized carbons (Fsp3) is 0.118. The molecule has 7 nitrogen and oxygen atoms in total. The number of halogens is 1. The number of rotatable bonds is 6. The lowest BCUT2D eigenvalue weighted by molar-refractivity contribution is -0.387. The van der Waals surface area contributed by atoms with Crippen LogP contribution in [0.3, 0.4) is 0 Å². The fourth-order valence-corrected chi connectivity index (χ4v) is 5.00. The molecule has 0 saturated heterocycles. The Labute approximate surface area is 164 Å². The largest absolute Gasteiger partial charge is 0.289 e. The first-order chi connectivity index (χ1) is 12.8. The van der Waals surface area contributed by atoms with Gasteiger partial charge in [-0.1, -0.05) is 41.9 Å². The van der Waals surface area contributed by atoms with Crippen molar-refractivity contribution in [2.45, 2.75) is 18.4 Å². The van der Waals surface area contributed by atoms with Crippen molar-refractivity contribution in [2.75, 3.05) is 0 Å². The van der Waals surface area contributed by atoms with Gasteiger partial charge in [0.05, 0.1) is 15.6 Å². The molecule has 1 aromatic heterocycles. The van der Waals surface area contributed by atoms with Crippen LogP contribution in [-0.2, 0) is 16.6 Å². The van der Waals surface area contributed by atoms with E-state index in [2.05, 4.69) is 9.71 Å². The summed E-state index contributed by atoms with van der Waals surface area (Å²) in [6.07, 6.45) is 0. The molecule has 0 radical (unpaired) electrons. The average molecular weight is 424 g/mol. The molecule has 0 aliphatic carbocycles. The number of benzene rings is 2. The Bertz CT molecular complexity index is 1110. The van der Waals surface area contributed by atoms with Crippen molar-refractivity contribution in [1.82, 2.24) is 9.71 Å². The maximum absolute atomic E-state index is 12.5. The van der Waals surface area contributed by atoms with E-state index in [1.54, 1.807) is 13.0 Å². The van der Waals surface area contributed by atoms with Crippen LogP contribution in [0.25, 0.3) is 10.6 Å². The average Bonchev–Trinajstić information content (AvgIpc) is 3.01. The van der Waals surface area contributed by atoms with Crippen LogP contribution in [0.1, 0.15) is 10.6 Å². The molecule has 0 unspecified atom stereocenters. The smallest absolute Gasteiger partial charge is 0.258 e. The standard InChI is InChI=1S/C17H14ClN3O4S2/c1-11-15(26-17(20-11)12-6-2-3-7-13(12)18)10-19-27(24,25)16-9-5-4-8-14(16)21(22)23/h2-9,19H,10H2,1H3. The minimum absolute atomic E-state index is 0.0255. The normalized spacial score (nSPS) is 11.5. The Morgan fingerprint density at radius 1 is 1.19 bits per heavy atom. The first kappa shape index (κ1) is 19.4. The van der Waals surface area contributed by atoms with E-state index in [4.69, 9.17) is 11.6 Å². The highest BCUT2D eigenvalue weighted by atomic mass is 35.5. The summed E-state index contributed by atoms with van der Waals surface area (Å²) in [6.45, 7) is 1.74. The maximum Gasteiger partial charge on any atom is 0.289 e. The minimum atomic E-state index is -4.05. The summed E-state index contributed by atoms with van der Waals surface area (Å²) in [7, 11) is -4.05.